The Kier molecular flexibility index (Phi) is 3.92. The number of aromatic nitrogens is 1. The van der Waals surface area contributed by atoms with Crippen molar-refractivity contribution in [3.8, 4) is 0 Å². The summed E-state index contributed by atoms with van der Waals surface area (Å²) < 4.78 is 26.8. The van der Waals surface area contributed by atoms with Gasteiger partial charge < -0.3 is 15.2 Å². The molecule has 1 heterocycles. The molecule has 0 aliphatic heterocycles. The van der Waals surface area contributed by atoms with E-state index in [1.807, 2.05) is 0 Å². The van der Waals surface area contributed by atoms with Crippen molar-refractivity contribution in [2.75, 3.05) is 0 Å². The zero-order valence-electron chi connectivity index (χ0n) is 10.9. The number of nitro groups is 1. The number of carboxylic acids is 1. The van der Waals surface area contributed by atoms with Crippen LogP contribution in [0.3, 0.4) is 0 Å². The van der Waals surface area contributed by atoms with E-state index in [0.717, 1.165) is 24.8 Å². The molecule has 0 aromatic carbocycles. The molecular weight excluding hydrogens is 302 g/mol. The molecule has 2 N–H and O–H groups in total. The van der Waals surface area contributed by atoms with Crippen LogP contribution in [0, 0.1) is 10.1 Å². The second-order valence-electron chi connectivity index (χ2n) is 4.92. The van der Waals surface area contributed by atoms with Gasteiger partial charge in [-0.25, -0.2) is 13.1 Å². The molecule has 9 nitrogen and oxygen atoms in total. The van der Waals surface area contributed by atoms with Gasteiger partial charge in [0.1, 0.15) is 4.90 Å². The van der Waals surface area contributed by atoms with Gasteiger partial charge in [-0.2, -0.15) is 0 Å². The first-order valence-corrected chi connectivity index (χ1v) is 7.59. The van der Waals surface area contributed by atoms with Crippen molar-refractivity contribution >= 4 is 21.8 Å². The summed E-state index contributed by atoms with van der Waals surface area (Å²) in [6.07, 6.45) is 2.21. The molecule has 1 aliphatic carbocycles. The summed E-state index contributed by atoms with van der Waals surface area (Å²) in [6.45, 7) is 0. The van der Waals surface area contributed by atoms with Crippen molar-refractivity contribution in [3.05, 3.63) is 28.4 Å². The number of rotatable bonds is 6. The lowest BCUT2D eigenvalue weighted by Gasteiger charge is -2.40. The molecule has 0 bridgehead atoms. The highest BCUT2D eigenvalue weighted by atomic mass is 32.2. The van der Waals surface area contributed by atoms with E-state index in [9.17, 15) is 23.3 Å². The maximum atomic E-state index is 12.2. The van der Waals surface area contributed by atoms with Crippen molar-refractivity contribution in [2.45, 2.75) is 36.1 Å². The highest BCUT2D eigenvalue weighted by Crippen LogP contribution is 2.36. The SMILES string of the molecule is O=C(O)CC1(NS(=O)(=O)c2ccc([N+](=O)[O-])nc2)CCC1. The third kappa shape index (κ3) is 3.34. The van der Waals surface area contributed by atoms with E-state index < -0.39 is 32.3 Å². The first-order chi connectivity index (χ1) is 9.74. The van der Waals surface area contributed by atoms with Crippen LogP contribution in [-0.4, -0.2) is 34.9 Å². The fraction of sp³-hybridized carbons (Fsp3) is 0.455. The maximum absolute atomic E-state index is 12.2. The van der Waals surface area contributed by atoms with E-state index in [1.165, 1.54) is 0 Å². The fourth-order valence-electron chi connectivity index (χ4n) is 2.19. The van der Waals surface area contributed by atoms with Gasteiger partial charge in [-0.05, 0) is 35.2 Å². The number of sulfonamides is 1. The fourth-order valence-corrected chi connectivity index (χ4v) is 3.59. The normalized spacial score (nSPS) is 17.0. The van der Waals surface area contributed by atoms with Gasteiger partial charge in [0.05, 0.1) is 6.42 Å². The highest BCUT2D eigenvalue weighted by molar-refractivity contribution is 7.89. The van der Waals surface area contributed by atoms with Crippen LogP contribution in [0.4, 0.5) is 5.82 Å². The second kappa shape index (κ2) is 5.37. The lowest BCUT2D eigenvalue weighted by Crippen LogP contribution is -2.54. The van der Waals surface area contributed by atoms with Crippen LogP contribution in [0.1, 0.15) is 25.7 Å². The number of aliphatic carboxylic acids is 1. The van der Waals surface area contributed by atoms with E-state index in [1.54, 1.807) is 0 Å². The zero-order valence-corrected chi connectivity index (χ0v) is 11.7. The quantitative estimate of drug-likeness (QED) is 0.580. The summed E-state index contributed by atoms with van der Waals surface area (Å²) >= 11 is 0. The van der Waals surface area contributed by atoms with Crippen molar-refractivity contribution < 1.29 is 23.2 Å². The van der Waals surface area contributed by atoms with Crippen molar-refractivity contribution in [2.24, 2.45) is 0 Å². The molecule has 1 aliphatic rings. The molecule has 0 amide bonds. The Morgan fingerprint density at radius 1 is 1.48 bits per heavy atom. The lowest BCUT2D eigenvalue weighted by atomic mass is 9.75. The number of pyridine rings is 1. The van der Waals surface area contributed by atoms with Crippen LogP contribution >= 0.6 is 0 Å². The molecule has 2 rings (SSSR count). The van der Waals surface area contributed by atoms with Crippen LogP contribution < -0.4 is 4.72 Å². The van der Waals surface area contributed by atoms with Gasteiger partial charge in [-0.15, -0.1) is 0 Å². The van der Waals surface area contributed by atoms with Gasteiger partial charge in [0.15, 0.2) is 6.20 Å². The second-order valence-corrected chi connectivity index (χ2v) is 6.60. The van der Waals surface area contributed by atoms with Crippen LogP contribution in [0.2, 0.25) is 0 Å². The topological polar surface area (TPSA) is 140 Å². The molecule has 10 heteroatoms. The van der Waals surface area contributed by atoms with Gasteiger partial charge in [-0.1, -0.05) is 0 Å². The van der Waals surface area contributed by atoms with Crippen molar-refractivity contribution in [1.29, 1.82) is 0 Å². The smallest absolute Gasteiger partial charge is 0.363 e. The van der Waals surface area contributed by atoms with E-state index in [0.29, 0.717) is 12.8 Å². The largest absolute Gasteiger partial charge is 0.481 e. The summed E-state index contributed by atoms with van der Waals surface area (Å²) in [5.41, 5.74) is -0.980. The Bertz CT molecular complexity index is 666. The molecular formula is C11H13N3O6S. The predicted octanol–water partition coefficient (Wildman–Crippen LogP) is 0.665. The molecule has 0 atom stereocenters. The van der Waals surface area contributed by atoms with E-state index in [2.05, 4.69) is 9.71 Å². The Hall–Kier alpha value is -2.07. The molecule has 21 heavy (non-hydrogen) atoms. The zero-order chi connectivity index (χ0) is 15.7. The molecule has 0 saturated heterocycles. The lowest BCUT2D eigenvalue weighted by molar-refractivity contribution is -0.389. The minimum absolute atomic E-state index is 0.232. The molecule has 1 aromatic rings. The molecule has 114 valence electrons. The van der Waals surface area contributed by atoms with Crippen molar-refractivity contribution in [3.63, 3.8) is 0 Å². The molecule has 1 aromatic heterocycles. The highest BCUT2D eigenvalue weighted by Gasteiger charge is 2.42. The summed E-state index contributed by atoms with van der Waals surface area (Å²) in [5, 5.41) is 19.3. The average Bonchev–Trinajstić information content (AvgIpc) is 2.35. The molecule has 1 fully saturated rings. The van der Waals surface area contributed by atoms with Crippen LogP contribution in [0.15, 0.2) is 23.2 Å². The van der Waals surface area contributed by atoms with Gasteiger partial charge in [-0.3, -0.25) is 4.79 Å². The summed E-state index contributed by atoms with van der Waals surface area (Å²) in [6, 6.07) is 2.06. The standard InChI is InChI=1S/C11H13N3O6S/c15-10(16)6-11(4-1-5-11)13-21(19,20)8-2-3-9(12-7-8)14(17)18/h2-3,7,13H,1,4-6H2,(H,15,16). The Morgan fingerprint density at radius 3 is 2.52 bits per heavy atom. The summed E-state index contributed by atoms with van der Waals surface area (Å²) in [4.78, 5) is 23.8. The van der Waals surface area contributed by atoms with Gasteiger partial charge >= 0.3 is 11.8 Å². The van der Waals surface area contributed by atoms with Gasteiger partial charge in [0, 0.05) is 11.6 Å². The van der Waals surface area contributed by atoms with E-state index in [-0.39, 0.29) is 11.3 Å². The number of carboxylic acid groups (broad SMARTS) is 1. The van der Waals surface area contributed by atoms with E-state index >= 15 is 0 Å². The van der Waals surface area contributed by atoms with Crippen LogP contribution in [-0.2, 0) is 14.8 Å². The molecule has 0 unspecified atom stereocenters. The first kappa shape index (κ1) is 15.3. The minimum Gasteiger partial charge on any atom is -0.481 e. The monoisotopic (exact) mass is 315 g/mol. The Morgan fingerprint density at radius 2 is 2.14 bits per heavy atom. The van der Waals surface area contributed by atoms with Gasteiger partial charge in [0.2, 0.25) is 10.0 Å². The number of nitrogens with one attached hydrogen (secondary N) is 1. The number of carbonyl (C=O) groups is 1. The predicted molar refractivity (Wildman–Crippen MR) is 70.0 cm³/mol. The van der Waals surface area contributed by atoms with Crippen LogP contribution in [0.25, 0.3) is 0 Å². The number of hydrogen-bond acceptors (Lipinski definition) is 6. The average molecular weight is 315 g/mol. The Labute approximate surface area is 120 Å². The van der Waals surface area contributed by atoms with Crippen LogP contribution in [0.5, 0.6) is 0 Å². The maximum Gasteiger partial charge on any atom is 0.363 e. The third-order valence-electron chi connectivity index (χ3n) is 3.37. The van der Waals surface area contributed by atoms with Crippen molar-refractivity contribution in [1.82, 2.24) is 9.71 Å². The Balaban J connectivity index is 2.21. The molecule has 0 radical (unpaired) electrons. The summed E-state index contributed by atoms with van der Waals surface area (Å²) in [7, 11) is -3.97. The summed E-state index contributed by atoms with van der Waals surface area (Å²) in [5.74, 6) is -1.54. The van der Waals surface area contributed by atoms with E-state index in [4.69, 9.17) is 5.11 Å². The minimum atomic E-state index is -3.97. The third-order valence-corrected chi connectivity index (χ3v) is 4.93. The first-order valence-electron chi connectivity index (χ1n) is 6.10. The van der Waals surface area contributed by atoms with Gasteiger partial charge in [0.25, 0.3) is 0 Å². The molecule has 0 spiro atoms. The molecule has 1 saturated carbocycles. The number of hydrogen-bond donors (Lipinski definition) is 2. The number of nitrogens with zero attached hydrogens (tertiary/aromatic N) is 2.